The van der Waals surface area contributed by atoms with E-state index in [1.165, 1.54) is 26.2 Å². The first-order valence-corrected chi connectivity index (χ1v) is 12.1. The molecule has 176 valence electrons. The zero-order valence-electron chi connectivity index (χ0n) is 18.3. The van der Waals surface area contributed by atoms with E-state index in [4.69, 9.17) is 0 Å². The van der Waals surface area contributed by atoms with Gasteiger partial charge >= 0.3 is 5.97 Å². The van der Waals surface area contributed by atoms with E-state index in [9.17, 15) is 22.8 Å². The van der Waals surface area contributed by atoms with Gasteiger partial charge in [-0.2, -0.15) is 4.31 Å². The normalized spacial score (nSPS) is 21.6. The quantitative estimate of drug-likeness (QED) is 0.545. The lowest BCUT2D eigenvalue weighted by molar-refractivity contribution is -0.146. The second kappa shape index (κ2) is 10.4. The standard InChI is InChI=1S/C21H30N4O6S/c1-15(21(28)31-2)23-19(26)18-14-24(20(27)16-8-10-22-11-9-16)12-13-25(18)32(29,30)17-6-4-3-5-7-17/h3-7,15-16,18,22H,8-14H2,1-2H3,(H,23,26). The minimum Gasteiger partial charge on any atom is -0.467 e. The highest BCUT2D eigenvalue weighted by Gasteiger charge is 2.42. The van der Waals surface area contributed by atoms with Gasteiger partial charge in [-0.1, -0.05) is 18.2 Å². The van der Waals surface area contributed by atoms with Crippen LogP contribution < -0.4 is 10.6 Å². The Labute approximate surface area is 188 Å². The van der Waals surface area contributed by atoms with Crippen molar-refractivity contribution >= 4 is 27.8 Å². The van der Waals surface area contributed by atoms with Crippen molar-refractivity contribution < 1.29 is 27.5 Å². The van der Waals surface area contributed by atoms with Gasteiger partial charge in [-0.15, -0.1) is 0 Å². The molecule has 10 nitrogen and oxygen atoms in total. The highest BCUT2D eigenvalue weighted by atomic mass is 32.2. The van der Waals surface area contributed by atoms with Crippen molar-refractivity contribution in [3.63, 3.8) is 0 Å². The molecule has 2 amide bonds. The number of benzene rings is 1. The average Bonchev–Trinajstić information content (AvgIpc) is 2.83. The minimum absolute atomic E-state index is 0.0152. The lowest BCUT2D eigenvalue weighted by Crippen LogP contribution is -2.63. The Morgan fingerprint density at radius 2 is 1.78 bits per heavy atom. The number of piperazine rings is 1. The molecule has 2 aliphatic heterocycles. The molecule has 2 N–H and O–H groups in total. The maximum atomic E-state index is 13.3. The molecule has 1 aromatic carbocycles. The zero-order chi connectivity index (χ0) is 23.3. The smallest absolute Gasteiger partial charge is 0.328 e. The second-order valence-corrected chi connectivity index (χ2v) is 9.90. The molecule has 2 heterocycles. The maximum Gasteiger partial charge on any atom is 0.328 e. The molecule has 0 spiro atoms. The summed E-state index contributed by atoms with van der Waals surface area (Å²) in [6.07, 6.45) is 1.41. The number of piperidine rings is 1. The fourth-order valence-corrected chi connectivity index (χ4v) is 5.66. The molecule has 2 saturated heterocycles. The summed E-state index contributed by atoms with van der Waals surface area (Å²) in [5.41, 5.74) is 0. The van der Waals surface area contributed by atoms with Crippen LogP contribution in [-0.4, -0.2) is 87.3 Å². The zero-order valence-corrected chi connectivity index (χ0v) is 19.1. The Morgan fingerprint density at radius 1 is 1.12 bits per heavy atom. The topological polar surface area (TPSA) is 125 Å². The van der Waals surface area contributed by atoms with Gasteiger partial charge in [-0.25, -0.2) is 13.2 Å². The summed E-state index contributed by atoms with van der Waals surface area (Å²) < 4.78 is 32.4. The number of amides is 2. The van der Waals surface area contributed by atoms with Crippen molar-refractivity contribution in [1.29, 1.82) is 0 Å². The van der Waals surface area contributed by atoms with Gasteiger partial charge in [0.25, 0.3) is 0 Å². The van der Waals surface area contributed by atoms with E-state index in [1.54, 1.807) is 23.1 Å². The van der Waals surface area contributed by atoms with Gasteiger partial charge in [0.2, 0.25) is 21.8 Å². The van der Waals surface area contributed by atoms with Crippen LogP contribution in [0, 0.1) is 5.92 Å². The largest absolute Gasteiger partial charge is 0.467 e. The lowest BCUT2D eigenvalue weighted by atomic mass is 9.96. The number of rotatable bonds is 6. The first kappa shape index (κ1) is 24.1. The molecule has 0 bridgehead atoms. The molecule has 2 atom stereocenters. The molecular weight excluding hydrogens is 436 g/mol. The summed E-state index contributed by atoms with van der Waals surface area (Å²) in [7, 11) is -2.78. The number of carbonyl (C=O) groups is 3. The third-order valence-electron chi connectivity index (χ3n) is 5.90. The number of esters is 1. The Morgan fingerprint density at radius 3 is 2.41 bits per heavy atom. The van der Waals surface area contributed by atoms with Crippen molar-refractivity contribution in [2.45, 2.75) is 36.7 Å². The fraction of sp³-hybridized carbons (Fsp3) is 0.571. The molecule has 0 aliphatic carbocycles. The number of nitrogens with one attached hydrogen (secondary N) is 2. The SMILES string of the molecule is COC(=O)C(C)NC(=O)C1CN(C(=O)C2CCNCC2)CCN1S(=O)(=O)c1ccccc1. The first-order valence-electron chi connectivity index (χ1n) is 10.7. The number of sulfonamides is 1. The van der Waals surface area contributed by atoms with Gasteiger partial charge in [0.05, 0.1) is 12.0 Å². The molecule has 2 fully saturated rings. The minimum atomic E-state index is -3.98. The van der Waals surface area contributed by atoms with E-state index in [2.05, 4.69) is 15.4 Å². The van der Waals surface area contributed by atoms with Gasteiger partial charge in [-0.3, -0.25) is 9.59 Å². The first-order chi connectivity index (χ1) is 15.3. The summed E-state index contributed by atoms with van der Waals surface area (Å²) in [4.78, 5) is 39.5. The monoisotopic (exact) mass is 466 g/mol. The second-order valence-electron chi connectivity index (χ2n) is 8.01. The van der Waals surface area contributed by atoms with Crippen molar-refractivity contribution in [3.05, 3.63) is 30.3 Å². The van der Waals surface area contributed by atoms with E-state index in [0.717, 1.165) is 17.4 Å². The number of hydrogen-bond donors (Lipinski definition) is 2. The third-order valence-corrected chi connectivity index (χ3v) is 7.82. The van der Waals surface area contributed by atoms with Crippen molar-refractivity contribution in [2.24, 2.45) is 5.92 Å². The van der Waals surface area contributed by atoms with E-state index in [1.807, 2.05) is 0 Å². The lowest BCUT2D eigenvalue weighted by Gasteiger charge is -2.41. The van der Waals surface area contributed by atoms with Crippen molar-refractivity contribution in [1.82, 2.24) is 19.8 Å². The van der Waals surface area contributed by atoms with Crippen LogP contribution >= 0.6 is 0 Å². The molecule has 32 heavy (non-hydrogen) atoms. The van der Waals surface area contributed by atoms with Crippen LogP contribution in [0.25, 0.3) is 0 Å². The van der Waals surface area contributed by atoms with Gasteiger partial charge in [0, 0.05) is 25.6 Å². The summed E-state index contributed by atoms with van der Waals surface area (Å²) in [6, 6.07) is 5.74. The summed E-state index contributed by atoms with van der Waals surface area (Å²) in [5.74, 6) is -1.51. The number of carbonyl (C=O) groups excluding carboxylic acids is 3. The van der Waals surface area contributed by atoms with Crippen molar-refractivity contribution in [2.75, 3.05) is 39.8 Å². The average molecular weight is 467 g/mol. The van der Waals surface area contributed by atoms with Crippen LogP contribution in [0.5, 0.6) is 0 Å². The van der Waals surface area contributed by atoms with Crippen LogP contribution in [0.4, 0.5) is 0 Å². The Balaban J connectivity index is 1.85. The Hall–Kier alpha value is -2.50. The molecule has 3 rings (SSSR count). The predicted octanol–water partition coefficient (Wildman–Crippen LogP) is -0.435. The van der Waals surface area contributed by atoms with Crippen LogP contribution in [0.15, 0.2) is 35.2 Å². The van der Waals surface area contributed by atoms with E-state index in [0.29, 0.717) is 12.8 Å². The number of nitrogens with zero attached hydrogens (tertiary/aromatic N) is 2. The predicted molar refractivity (Wildman–Crippen MR) is 116 cm³/mol. The Kier molecular flexibility index (Phi) is 7.86. The summed E-state index contributed by atoms with van der Waals surface area (Å²) in [6.45, 7) is 3.07. The molecule has 11 heteroatoms. The maximum absolute atomic E-state index is 13.3. The van der Waals surface area contributed by atoms with Crippen LogP contribution in [0.1, 0.15) is 19.8 Å². The molecule has 0 saturated carbocycles. The molecule has 2 aliphatic rings. The van der Waals surface area contributed by atoms with Crippen LogP contribution in [-0.2, 0) is 29.1 Å². The van der Waals surface area contributed by atoms with Gasteiger partial charge in [0.1, 0.15) is 12.1 Å². The van der Waals surface area contributed by atoms with Crippen LogP contribution in [0.2, 0.25) is 0 Å². The van der Waals surface area contributed by atoms with Crippen molar-refractivity contribution in [3.8, 4) is 0 Å². The Bertz CT molecular complexity index is 933. The van der Waals surface area contributed by atoms with E-state index < -0.39 is 34.0 Å². The van der Waals surface area contributed by atoms with Gasteiger partial charge < -0.3 is 20.3 Å². The molecule has 1 aromatic rings. The summed E-state index contributed by atoms with van der Waals surface area (Å²) >= 11 is 0. The van der Waals surface area contributed by atoms with Crippen LogP contribution in [0.3, 0.4) is 0 Å². The third kappa shape index (κ3) is 5.28. The highest BCUT2D eigenvalue weighted by molar-refractivity contribution is 7.89. The van der Waals surface area contributed by atoms with Gasteiger partial charge in [0.15, 0.2) is 0 Å². The number of methoxy groups -OCH3 is 1. The fourth-order valence-electron chi connectivity index (χ4n) is 4.07. The van der Waals surface area contributed by atoms with Gasteiger partial charge in [-0.05, 0) is 45.0 Å². The molecular formula is C21H30N4O6S. The summed E-state index contributed by atoms with van der Waals surface area (Å²) in [5, 5.41) is 5.74. The molecule has 0 radical (unpaired) electrons. The highest BCUT2D eigenvalue weighted by Crippen LogP contribution is 2.24. The van der Waals surface area contributed by atoms with E-state index >= 15 is 0 Å². The number of hydrogen-bond acceptors (Lipinski definition) is 7. The van der Waals surface area contributed by atoms with E-state index in [-0.39, 0.29) is 36.4 Å². The number of ether oxygens (including phenoxy) is 1. The molecule has 0 aromatic heterocycles. The molecule has 2 unspecified atom stereocenters.